The molecular weight excluding hydrogens is 202 g/mol. The van der Waals surface area contributed by atoms with Gasteiger partial charge in [0.25, 0.3) is 0 Å². The van der Waals surface area contributed by atoms with E-state index in [-0.39, 0.29) is 0 Å². The highest BCUT2D eigenvalue weighted by Crippen LogP contribution is 2.13. The molecule has 2 aromatic heterocycles. The molecule has 5 nitrogen and oxygen atoms in total. The molecule has 0 saturated heterocycles. The van der Waals surface area contributed by atoms with E-state index in [0.29, 0.717) is 5.69 Å². The molecule has 2 rings (SSSR count). The minimum atomic E-state index is 0.689. The summed E-state index contributed by atoms with van der Waals surface area (Å²) in [4.78, 5) is 11.4. The third-order valence-electron chi connectivity index (χ3n) is 2.31. The topological polar surface area (TPSA) is 79.6 Å². The first-order valence-corrected chi connectivity index (χ1v) is 5.20. The van der Waals surface area contributed by atoms with Crippen molar-refractivity contribution in [1.29, 1.82) is 0 Å². The van der Waals surface area contributed by atoms with Crippen LogP contribution in [0.25, 0.3) is 0 Å². The third-order valence-corrected chi connectivity index (χ3v) is 2.31. The summed E-state index contributed by atoms with van der Waals surface area (Å²) in [5.41, 5.74) is 7.37. The van der Waals surface area contributed by atoms with Gasteiger partial charge in [-0.3, -0.25) is 0 Å². The molecule has 0 amide bonds. The van der Waals surface area contributed by atoms with Gasteiger partial charge in [-0.2, -0.15) is 0 Å². The molecule has 5 heteroatoms. The summed E-state index contributed by atoms with van der Waals surface area (Å²) in [6.07, 6.45) is 6.07. The standard InChI is InChI=1S/C11H15N5/c1-8-6-9(12)7-16-11(8)15-3-2-10-13-4-5-14-10/h4-7H,2-3,12H2,1H3,(H,13,14)(H,15,16). The Balaban J connectivity index is 1.90. The Kier molecular flexibility index (Phi) is 3.05. The normalized spacial score (nSPS) is 10.3. The molecule has 2 aromatic rings. The minimum Gasteiger partial charge on any atom is -0.397 e. The second-order valence-electron chi connectivity index (χ2n) is 3.65. The van der Waals surface area contributed by atoms with E-state index in [9.17, 15) is 0 Å². The average Bonchev–Trinajstić information content (AvgIpc) is 2.74. The van der Waals surface area contributed by atoms with E-state index in [1.807, 2.05) is 19.2 Å². The van der Waals surface area contributed by atoms with Crippen molar-refractivity contribution in [2.75, 3.05) is 17.6 Å². The van der Waals surface area contributed by atoms with E-state index >= 15 is 0 Å². The van der Waals surface area contributed by atoms with Crippen LogP contribution in [0.2, 0.25) is 0 Å². The zero-order chi connectivity index (χ0) is 11.4. The molecule has 0 fully saturated rings. The minimum absolute atomic E-state index is 0.689. The molecule has 0 aliphatic carbocycles. The molecule has 0 atom stereocenters. The van der Waals surface area contributed by atoms with Gasteiger partial charge in [0.05, 0.1) is 11.9 Å². The van der Waals surface area contributed by atoms with Crippen LogP contribution in [-0.2, 0) is 6.42 Å². The summed E-state index contributed by atoms with van der Waals surface area (Å²) in [7, 11) is 0. The molecule has 0 radical (unpaired) electrons. The number of aryl methyl sites for hydroxylation is 1. The van der Waals surface area contributed by atoms with Gasteiger partial charge >= 0.3 is 0 Å². The van der Waals surface area contributed by atoms with Gasteiger partial charge in [-0.25, -0.2) is 9.97 Å². The van der Waals surface area contributed by atoms with E-state index in [4.69, 9.17) is 5.73 Å². The number of nitrogens with one attached hydrogen (secondary N) is 2. The second-order valence-corrected chi connectivity index (χ2v) is 3.65. The lowest BCUT2D eigenvalue weighted by atomic mass is 10.2. The van der Waals surface area contributed by atoms with Crippen LogP contribution in [0.15, 0.2) is 24.7 Å². The van der Waals surface area contributed by atoms with Crippen molar-refractivity contribution in [2.24, 2.45) is 0 Å². The molecule has 0 bridgehead atoms. The third kappa shape index (κ3) is 2.50. The van der Waals surface area contributed by atoms with Crippen LogP contribution in [0.5, 0.6) is 0 Å². The van der Waals surface area contributed by atoms with Crippen molar-refractivity contribution in [3.8, 4) is 0 Å². The number of nitrogens with two attached hydrogens (primary N) is 1. The maximum atomic E-state index is 5.63. The lowest BCUT2D eigenvalue weighted by Crippen LogP contribution is -2.08. The van der Waals surface area contributed by atoms with Gasteiger partial charge in [-0.15, -0.1) is 0 Å². The van der Waals surface area contributed by atoms with E-state index in [0.717, 1.165) is 30.2 Å². The fraction of sp³-hybridized carbons (Fsp3) is 0.273. The fourth-order valence-corrected chi connectivity index (χ4v) is 1.52. The molecule has 2 heterocycles. The van der Waals surface area contributed by atoms with Crippen LogP contribution >= 0.6 is 0 Å². The average molecular weight is 217 g/mol. The van der Waals surface area contributed by atoms with E-state index in [2.05, 4.69) is 20.3 Å². The fourth-order valence-electron chi connectivity index (χ4n) is 1.52. The van der Waals surface area contributed by atoms with Crippen molar-refractivity contribution < 1.29 is 0 Å². The van der Waals surface area contributed by atoms with Crippen molar-refractivity contribution in [1.82, 2.24) is 15.0 Å². The number of rotatable bonds is 4. The second kappa shape index (κ2) is 4.65. The molecular formula is C11H15N5. The summed E-state index contributed by atoms with van der Waals surface area (Å²) in [5.74, 6) is 1.85. The van der Waals surface area contributed by atoms with E-state index in [1.54, 1.807) is 12.4 Å². The molecule has 0 aliphatic heterocycles. The highest BCUT2D eigenvalue weighted by molar-refractivity contribution is 5.50. The maximum Gasteiger partial charge on any atom is 0.129 e. The molecule has 84 valence electrons. The van der Waals surface area contributed by atoms with Gasteiger partial charge in [0, 0.05) is 25.4 Å². The van der Waals surface area contributed by atoms with Gasteiger partial charge in [0.15, 0.2) is 0 Å². The highest BCUT2D eigenvalue weighted by atomic mass is 15.0. The molecule has 0 saturated carbocycles. The number of imidazole rings is 1. The zero-order valence-corrected chi connectivity index (χ0v) is 9.20. The van der Waals surface area contributed by atoms with E-state index in [1.165, 1.54) is 0 Å². The number of H-pyrrole nitrogens is 1. The monoisotopic (exact) mass is 217 g/mol. The van der Waals surface area contributed by atoms with Gasteiger partial charge in [0.2, 0.25) is 0 Å². The Hall–Kier alpha value is -2.04. The van der Waals surface area contributed by atoms with Gasteiger partial charge in [-0.1, -0.05) is 0 Å². The Morgan fingerprint density at radius 3 is 3.00 bits per heavy atom. The molecule has 4 N–H and O–H groups in total. The Morgan fingerprint density at radius 1 is 1.44 bits per heavy atom. The molecule has 0 unspecified atom stereocenters. The highest BCUT2D eigenvalue weighted by Gasteiger charge is 2.00. The summed E-state index contributed by atoms with van der Waals surface area (Å²) in [6.45, 7) is 2.78. The predicted octanol–water partition coefficient (Wildman–Crippen LogP) is 1.35. The maximum absolute atomic E-state index is 5.63. The summed E-state index contributed by atoms with van der Waals surface area (Å²) in [6, 6.07) is 1.90. The van der Waals surface area contributed by atoms with Crippen LogP contribution in [0.3, 0.4) is 0 Å². The van der Waals surface area contributed by atoms with Crippen LogP contribution in [0.1, 0.15) is 11.4 Å². The van der Waals surface area contributed by atoms with Crippen molar-refractivity contribution in [3.05, 3.63) is 36.0 Å². The van der Waals surface area contributed by atoms with Crippen LogP contribution in [0, 0.1) is 6.92 Å². The van der Waals surface area contributed by atoms with Crippen molar-refractivity contribution in [2.45, 2.75) is 13.3 Å². The van der Waals surface area contributed by atoms with Crippen molar-refractivity contribution >= 4 is 11.5 Å². The number of pyridine rings is 1. The number of hydrogen-bond acceptors (Lipinski definition) is 4. The van der Waals surface area contributed by atoms with E-state index < -0.39 is 0 Å². The number of nitrogen functional groups attached to an aromatic ring is 1. The SMILES string of the molecule is Cc1cc(N)cnc1NCCc1ncc[nH]1. The van der Waals surface area contributed by atoms with Gasteiger partial charge in [0.1, 0.15) is 11.6 Å². The van der Waals surface area contributed by atoms with Crippen LogP contribution in [0.4, 0.5) is 11.5 Å². The first-order chi connectivity index (χ1) is 7.75. The summed E-state index contributed by atoms with van der Waals surface area (Å²) in [5, 5.41) is 3.25. The largest absolute Gasteiger partial charge is 0.397 e. The molecule has 0 aliphatic rings. The number of hydrogen-bond donors (Lipinski definition) is 3. The van der Waals surface area contributed by atoms with Gasteiger partial charge < -0.3 is 16.0 Å². The molecule has 0 spiro atoms. The first-order valence-electron chi connectivity index (χ1n) is 5.20. The van der Waals surface area contributed by atoms with Crippen LogP contribution in [-0.4, -0.2) is 21.5 Å². The molecule has 0 aromatic carbocycles. The first kappa shape index (κ1) is 10.5. The smallest absolute Gasteiger partial charge is 0.129 e. The number of anilines is 2. The number of aromatic nitrogens is 3. The summed E-state index contributed by atoms with van der Waals surface area (Å²) >= 11 is 0. The van der Waals surface area contributed by atoms with Crippen LogP contribution < -0.4 is 11.1 Å². The van der Waals surface area contributed by atoms with Crippen molar-refractivity contribution in [3.63, 3.8) is 0 Å². The number of aromatic amines is 1. The Bertz CT molecular complexity index is 449. The Labute approximate surface area is 94.1 Å². The molecule has 16 heavy (non-hydrogen) atoms. The zero-order valence-electron chi connectivity index (χ0n) is 9.20. The lowest BCUT2D eigenvalue weighted by molar-refractivity contribution is 0.920. The summed E-state index contributed by atoms with van der Waals surface area (Å²) < 4.78 is 0. The van der Waals surface area contributed by atoms with Gasteiger partial charge in [-0.05, 0) is 18.6 Å². The quantitative estimate of drug-likeness (QED) is 0.722. The lowest BCUT2D eigenvalue weighted by Gasteiger charge is -2.07. The predicted molar refractivity (Wildman–Crippen MR) is 64.2 cm³/mol. The Morgan fingerprint density at radius 2 is 2.31 bits per heavy atom. The number of nitrogens with zero attached hydrogens (tertiary/aromatic N) is 2.